The first-order chi connectivity index (χ1) is 22.4. The molecule has 7 heteroatoms. The van der Waals surface area contributed by atoms with Gasteiger partial charge in [-0.3, -0.25) is 0 Å². The minimum Gasteiger partial charge on any atom is -0.496 e. The van der Waals surface area contributed by atoms with Gasteiger partial charge in [-0.15, -0.1) is 0 Å². The van der Waals surface area contributed by atoms with Gasteiger partial charge >= 0.3 is 0 Å². The first kappa shape index (κ1) is 35.2. The van der Waals surface area contributed by atoms with Crippen molar-refractivity contribution in [2.45, 2.75) is 66.7 Å². The Bertz CT molecular complexity index is 1440. The fraction of sp³-hybridized carbons (Fsp3) is 0.400. The van der Waals surface area contributed by atoms with Gasteiger partial charge in [-0.2, -0.15) is 0 Å². The predicted molar refractivity (Wildman–Crippen MR) is 203 cm³/mol. The van der Waals surface area contributed by atoms with Gasteiger partial charge in [0, 0.05) is 24.4 Å². The molecule has 0 aromatic heterocycles. The van der Waals surface area contributed by atoms with Crippen molar-refractivity contribution in [3.05, 3.63) is 93.0 Å². The first-order valence-electron chi connectivity index (χ1n) is 16.3. The molecule has 5 nitrogen and oxygen atoms in total. The topological polar surface area (TPSA) is 49.0 Å². The molecule has 47 heavy (non-hydrogen) atoms. The van der Waals surface area contributed by atoms with Crippen molar-refractivity contribution in [2.24, 2.45) is 0 Å². The number of methoxy groups -OCH3 is 4. The highest BCUT2D eigenvalue weighted by Crippen LogP contribution is 2.54. The lowest BCUT2D eigenvalue weighted by Crippen LogP contribution is -2.35. The number of nitrogens with one attached hydrogen (secondary N) is 1. The summed E-state index contributed by atoms with van der Waals surface area (Å²) in [6.45, 7) is 19.3. The van der Waals surface area contributed by atoms with E-state index in [-0.39, 0.29) is 0 Å². The number of ether oxygens (including phenoxy) is 4. The highest BCUT2D eigenvalue weighted by molar-refractivity contribution is 7.77. The van der Waals surface area contributed by atoms with Crippen LogP contribution in [0, 0.1) is 55.4 Å². The Hall–Kier alpha value is -3.10. The van der Waals surface area contributed by atoms with E-state index in [0.29, 0.717) is 11.3 Å². The Morgan fingerprint density at radius 3 is 0.766 bits per heavy atom. The lowest BCUT2D eigenvalue weighted by atomic mass is 10.1. The van der Waals surface area contributed by atoms with Crippen molar-refractivity contribution in [1.29, 1.82) is 0 Å². The molecule has 4 aromatic rings. The van der Waals surface area contributed by atoms with Crippen LogP contribution in [0.3, 0.4) is 0 Å². The number of aryl methyl sites for hydroxylation is 8. The number of hydrogen-bond donors (Lipinski definition) is 1. The minimum absolute atomic E-state index is 0.404. The van der Waals surface area contributed by atoms with Gasteiger partial charge in [-0.1, -0.05) is 0 Å². The van der Waals surface area contributed by atoms with E-state index >= 15 is 0 Å². The van der Waals surface area contributed by atoms with Crippen molar-refractivity contribution in [3.8, 4) is 23.0 Å². The van der Waals surface area contributed by atoms with Crippen molar-refractivity contribution in [2.75, 3.05) is 41.5 Å². The smallest absolute Gasteiger partial charge is 0.124 e. The van der Waals surface area contributed by atoms with Crippen molar-refractivity contribution in [1.82, 2.24) is 5.32 Å². The molecule has 250 valence electrons. The van der Waals surface area contributed by atoms with Gasteiger partial charge < -0.3 is 24.3 Å². The van der Waals surface area contributed by atoms with Crippen molar-refractivity contribution >= 4 is 37.1 Å². The Morgan fingerprint density at radius 2 is 0.596 bits per heavy atom. The average Bonchev–Trinajstić information content (AvgIpc) is 3.45. The fourth-order valence-electron chi connectivity index (χ4n) is 7.80. The van der Waals surface area contributed by atoms with Gasteiger partial charge in [0.1, 0.15) is 23.0 Å². The van der Waals surface area contributed by atoms with E-state index in [9.17, 15) is 0 Å². The lowest BCUT2D eigenvalue weighted by molar-refractivity contribution is 0.408. The Morgan fingerprint density at radius 1 is 0.404 bits per heavy atom. The van der Waals surface area contributed by atoms with Crippen LogP contribution < -0.4 is 45.5 Å². The largest absolute Gasteiger partial charge is 0.496 e. The molecule has 1 heterocycles. The molecule has 2 atom stereocenters. The van der Waals surface area contributed by atoms with E-state index in [1.807, 2.05) is 0 Å². The zero-order valence-corrected chi connectivity index (χ0v) is 32.0. The van der Waals surface area contributed by atoms with E-state index < -0.39 is 15.8 Å². The molecule has 1 aliphatic rings. The van der Waals surface area contributed by atoms with Gasteiger partial charge in [0.15, 0.2) is 0 Å². The molecule has 0 unspecified atom stereocenters. The van der Waals surface area contributed by atoms with Crippen LogP contribution in [-0.2, 0) is 0 Å². The third kappa shape index (κ3) is 6.78. The second kappa shape index (κ2) is 14.6. The summed E-state index contributed by atoms with van der Waals surface area (Å²) in [4.78, 5) is 0. The van der Waals surface area contributed by atoms with E-state index in [4.69, 9.17) is 18.9 Å². The maximum atomic E-state index is 5.83. The second-order valence-corrected chi connectivity index (χ2v) is 17.9. The van der Waals surface area contributed by atoms with Crippen LogP contribution in [0.1, 0.15) is 44.5 Å². The molecule has 1 N–H and O–H groups in total. The molecule has 0 amide bonds. The maximum Gasteiger partial charge on any atom is 0.124 e. The fourth-order valence-corrected chi connectivity index (χ4v) is 14.9. The van der Waals surface area contributed by atoms with Crippen LogP contribution in [0.25, 0.3) is 0 Å². The van der Waals surface area contributed by atoms with E-state index in [2.05, 4.69) is 109 Å². The molecule has 0 radical (unpaired) electrons. The maximum absolute atomic E-state index is 5.83. The Labute approximate surface area is 284 Å². The van der Waals surface area contributed by atoms with E-state index in [1.165, 1.54) is 65.7 Å². The SMILES string of the molecule is COc1c(C)cc(P(c2cc(C)c(OC)c(C)c2)[C@@H]2CNC[C@H]2P(c2cc(C)c(OC)c(C)c2)c2cc(C)c(OC)c(C)c2)cc1C. The first-order valence-corrected chi connectivity index (χ1v) is 19.2. The van der Waals surface area contributed by atoms with Gasteiger partial charge in [0.05, 0.1) is 28.4 Å². The molecule has 0 aliphatic carbocycles. The zero-order valence-electron chi connectivity index (χ0n) is 30.2. The second-order valence-electron chi connectivity index (χ2n) is 13.0. The molecular formula is C40H51NO4P2. The molecule has 0 bridgehead atoms. The third-order valence-electron chi connectivity index (χ3n) is 9.52. The number of benzene rings is 4. The standard InChI is InChI=1S/C40H51NO4P2/c1-23-13-31(14-24(2)37(23)42-9)46(32-15-25(3)38(43-10)26(4)16-32)35-21-41-22-36(35)47(33-17-27(5)39(44-11)28(6)18-33)34-19-29(7)40(45-12)30(8)20-34/h13-20,35-36,41H,21-22H2,1-12H3/t35-,36-/m1/s1. The third-order valence-corrected chi connectivity index (χ3v) is 15.4. The van der Waals surface area contributed by atoms with Crippen LogP contribution in [0.2, 0.25) is 0 Å². The molecule has 1 saturated heterocycles. The summed E-state index contributed by atoms with van der Waals surface area (Å²) in [5.74, 6) is 3.90. The summed E-state index contributed by atoms with van der Waals surface area (Å²) in [5, 5.41) is 9.51. The molecule has 5 rings (SSSR count). The summed E-state index contributed by atoms with van der Waals surface area (Å²) in [7, 11) is 5.57. The summed E-state index contributed by atoms with van der Waals surface area (Å²) in [6, 6.07) is 19.1. The van der Waals surface area contributed by atoms with E-state index in [1.54, 1.807) is 28.4 Å². The van der Waals surface area contributed by atoms with Crippen LogP contribution in [-0.4, -0.2) is 52.8 Å². The molecule has 4 aromatic carbocycles. The summed E-state index contributed by atoms with van der Waals surface area (Å²) in [6.07, 6.45) is 0. The monoisotopic (exact) mass is 671 g/mol. The zero-order chi connectivity index (χ0) is 34.2. The van der Waals surface area contributed by atoms with Crippen LogP contribution >= 0.6 is 15.8 Å². The van der Waals surface area contributed by atoms with Gasteiger partial charge in [-0.25, -0.2) is 0 Å². The van der Waals surface area contributed by atoms with Crippen molar-refractivity contribution < 1.29 is 18.9 Å². The number of rotatable bonds is 10. The quantitative estimate of drug-likeness (QED) is 0.183. The van der Waals surface area contributed by atoms with Gasteiger partial charge in [0.25, 0.3) is 0 Å². The van der Waals surface area contributed by atoms with Crippen LogP contribution in [0.5, 0.6) is 23.0 Å². The summed E-state index contributed by atoms with van der Waals surface area (Å²) >= 11 is 0. The predicted octanol–water partition coefficient (Wildman–Crippen LogP) is 7.09. The van der Waals surface area contributed by atoms with Gasteiger partial charge in [-0.05, 0) is 185 Å². The Kier molecular flexibility index (Phi) is 10.9. The molecule has 1 aliphatic heterocycles. The summed E-state index contributed by atoms with van der Waals surface area (Å²) in [5.41, 5.74) is 10.3. The highest BCUT2D eigenvalue weighted by atomic mass is 31.1. The minimum atomic E-state index is -0.760. The highest BCUT2D eigenvalue weighted by Gasteiger charge is 2.42. The van der Waals surface area contributed by atoms with Gasteiger partial charge in [0.2, 0.25) is 0 Å². The average molecular weight is 672 g/mol. The van der Waals surface area contributed by atoms with Crippen molar-refractivity contribution in [3.63, 3.8) is 0 Å². The van der Waals surface area contributed by atoms with Crippen LogP contribution in [0.15, 0.2) is 48.5 Å². The molecule has 0 saturated carbocycles. The van der Waals surface area contributed by atoms with E-state index in [0.717, 1.165) is 36.1 Å². The Balaban J connectivity index is 1.76. The van der Waals surface area contributed by atoms with Crippen LogP contribution in [0.4, 0.5) is 0 Å². The normalized spacial score (nSPS) is 16.2. The number of hydrogen-bond acceptors (Lipinski definition) is 5. The lowest BCUT2D eigenvalue weighted by Gasteiger charge is -2.36. The molecule has 0 spiro atoms. The molecule has 1 fully saturated rings. The summed E-state index contributed by atoms with van der Waals surface area (Å²) < 4.78 is 23.3. The molecular weight excluding hydrogens is 620 g/mol.